The minimum atomic E-state index is -5.40. The predicted octanol–water partition coefficient (Wildman–Crippen LogP) is 23.1. The van der Waals surface area contributed by atoms with E-state index in [4.69, 9.17) is 16.7 Å². The van der Waals surface area contributed by atoms with E-state index in [2.05, 4.69) is 34.6 Å². The first-order valence-corrected chi connectivity index (χ1v) is 50.8. The van der Waals surface area contributed by atoms with Crippen LogP contribution in [0.15, 0.2) is 146 Å². The van der Waals surface area contributed by atoms with E-state index in [1.54, 1.807) is 60.7 Å². The Hall–Kier alpha value is -3.35. The van der Waals surface area contributed by atoms with Gasteiger partial charge in [0, 0.05) is 0 Å². The number of unbranched alkanes of at least 4 members (excludes halogenated alkanes) is 45. The molecule has 0 spiro atoms. The van der Waals surface area contributed by atoms with Crippen molar-refractivity contribution >= 4 is 50.6 Å². The van der Waals surface area contributed by atoms with Crippen molar-refractivity contribution in [1.82, 2.24) is 0 Å². The van der Waals surface area contributed by atoms with Gasteiger partial charge < -0.3 is 4.55 Å². The van der Waals surface area contributed by atoms with Crippen molar-refractivity contribution in [3.05, 3.63) is 149 Å². The maximum Gasteiger partial charge on any atom is 1.00 e. The molecular formula is C91H145NaO15S5. The van der Waals surface area contributed by atoms with Crippen molar-refractivity contribution in [3.8, 4) is 0 Å². The van der Waals surface area contributed by atoms with Crippen molar-refractivity contribution in [3.63, 3.8) is 0 Å². The van der Waals surface area contributed by atoms with Crippen LogP contribution in [-0.2, 0) is 99.4 Å². The van der Waals surface area contributed by atoms with Crippen LogP contribution in [0.5, 0.6) is 0 Å². The summed E-state index contributed by atoms with van der Waals surface area (Å²) in [6.07, 6.45) is 58.5. The van der Waals surface area contributed by atoms with E-state index in [1.807, 2.05) is 0 Å². The smallest absolute Gasteiger partial charge is 0.744 e. The summed E-state index contributed by atoms with van der Waals surface area (Å²) < 4.78 is 172. The molecule has 0 aromatic heterocycles. The molecule has 21 heteroatoms. The second-order valence-electron chi connectivity index (χ2n) is 31.0. The van der Waals surface area contributed by atoms with Crippen molar-refractivity contribution in [2.45, 2.75) is 418 Å². The fraction of sp³-hybridized carbons (Fsp3) is 0.670. The minimum absolute atomic E-state index is 0. The second-order valence-corrected chi connectivity index (χ2v) is 38.5. The van der Waals surface area contributed by atoms with Crippen LogP contribution in [0.4, 0.5) is 0 Å². The summed E-state index contributed by atoms with van der Waals surface area (Å²) in [5, 5.41) is 0. The molecule has 0 aliphatic heterocycles. The Balaban J connectivity index is 0.00000121. The average Bonchev–Trinajstić information content (AvgIpc) is 0.752. The summed E-state index contributed by atoms with van der Waals surface area (Å²) in [7, 11) is -25.9. The predicted molar refractivity (Wildman–Crippen MR) is 454 cm³/mol. The number of aryl methyl sites for hydroxylation is 5. The largest absolute Gasteiger partial charge is 1.00 e. The molecule has 0 heterocycles. The molecule has 0 N–H and O–H groups in total. The third kappa shape index (κ3) is 46.1. The van der Waals surface area contributed by atoms with Gasteiger partial charge in [-0.25, -0.2) is 8.42 Å². The van der Waals surface area contributed by atoms with Crippen LogP contribution in [0.3, 0.4) is 0 Å². The summed E-state index contributed by atoms with van der Waals surface area (Å²) in [5.41, 5.74) is 4.37. The Morgan fingerprint density at radius 1 is 0.205 bits per heavy atom. The average molecular weight is 1660 g/mol. The van der Waals surface area contributed by atoms with Crippen LogP contribution in [0.1, 0.15) is 383 Å². The van der Waals surface area contributed by atoms with Crippen LogP contribution < -0.4 is 29.6 Å². The molecule has 0 aliphatic carbocycles. The fourth-order valence-electron chi connectivity index (χ4n) is 14.0. The Morgan fingerprint density at radius 3 is 0.464 bits per heavy atom. The van der Waals surface area contributed by atoms with Crippen LogP contribution in [0.2, 0.25) is 0 Å². The standard InChI is InChI=1S/C73H116O12S4.C18H30O3S.Na/c1-5-9-13-17-21-25-29-33-37-41-45-65-49-57-69(58-50-65)86(74,75)82-73(83-87(76,77)70-59-51-66(52-60-70)46-42-38-34-30-26-22-18-14-10-6-2,84-88(78,79)71-61-53-67(54-62-71)47-43-39-35-31-27-23-19-15-11-7-3)85-89(80,81)72-63-55-68(56-64-72)48-44-40-36-32-28-24-20-16-12-8-4;1-2-3-4-5-6-7-8-9-10-11-12-17-13-15-18(16-14-17)22(19,20)21;/h49-64H,5-48H2,1-4H3;13-16H,2-12H2,1H3,(H,19,20,21);/q;;+1/p-1. The molecule has 5 rings (SSSR count). The third-order valence-electron chi connectivity index (χ3n) is 21.0. The van der Waals surface area contributed by atoms with Crippen LogP contribution in [0, 0.1) is 0 Å². The van der Waals surface area contributed by atoms with E-state index in [1.165, 1.54) is 273 Å². The molecule has 0 unspecified atom stereocenters. The summed E-state index contributed by atoms with van der Waals surface area (Å²) in [4.78, 5) is -2.41. The summed E-state index contributed by atoms with van der Waals surface area (Å²) >= 11 is 0. The van der Waals surface area contributed by atoms with E-state index < -0.39 is 76.3 Å². The quantitative estimate of drug-likeness (QED) is 0.0116. The normalized spacial score (nSPS) is 12.3. The number of benzene rings is 5. The van der Waals surface area contributed by atoms with E-state index in [0.717, 1.165) is 143 Å². The number of hydrogen-bond acceptors (Lipinski definition) is 15. The molecule has 5 aromatic carbocycles. The van der Waals surface area contributed by atoms with Gasteiger partial charge in [-0.1, -0.05) is 384 Å². The second kappa shape index (κ2) is 61.0. The molecule has 630 valence electrons. The van der Waals surface area contributed by atoms with Crippen molar-refractivity contribution in [1.29, 1.82) is 0 Å². The van der Waals surface area contributed by atoms with Gasteiger partial charge in [0.15, 0.2) is 0 Å². The van der Waals surface area contributed by atoms with Gasteiger partial charge in [0.2, 0.25) is 0 Å². The molecule has 15 nitrogen and oxygen atoms in total. The summed E-state index contributed by atoms with van der Waals surface area (Å²) in [6.45, 7) is 11.1. The van der Waals surface area contributed by atoms with Gasteiger partial charge >= 0.3 is 76.2 Å². The first-order chi connectivity index (χ1) is 53.5. The molecule has 0 amide bonds. The van der Waals surface area contributed by atoms with Crippen LogP contribution >= 0.6 is 0 Å². The molecular weight excluding hydrogens is 1520 g/mol. The van der Waals surface area contributed by atoms with Gasteiger partial charge in [0.25, 0.3) is 0 Å². The van der Waals surface area contributed by atoms with Gasteiger partial charge in [0.05, 0.1) is 24.5 Å². The SMILES string of the molecule is CCCCCCCCCCCCc1ccc(S(=O)(=O)OC(OS(=O)(=O)c2ccc(CCCCCCCCCCCC)cc2)(OS(=O)(=O)c2ccc(CCCCCCCCCCCC)cc2)OS(=O)(=O)c2ccc(CCCCCCCCCCCC)cc2)cc1.CCCCCCCCCCCCc1ccc(S(=O)(=O)[O-])cc1.[Na+]. The van der Waals surface area contributed by atoms with Crippen molar-refractivity contribution < 1.29 is 92.9 Å². The monoisotopic (exact) mass is 1660 g/mol. The van der Waals surface area contributed by atoms with E-state index in [9.17, 15) is 46.6 Å². The van der Waals surface area contributed by atoms with E-state index in [-0.39, 0.29) is 34.5 Å². The zero-order chi connectivity index (χ0) is 80.6. The van der Waals surface area contributed by atoms with Gasteiger partial charge in [-0.2, -0.15) is 50.4 Å². The third-order valence-corrected chi connectivity index (χ3v) is 26.9. The molecule has 0 aliphatic rings. The van der Waals surface area contributed by atoms with Crippen LogP contribution in [-0.4, -0.2) is 52.8 Å². The topological polar surface area (TPSA) is 231 Å². The summed E-state index contributed by atoms with van der Waals surface area (Å²) in [5.74, 6) is 0. The van der Waals surface area contributed by atoms with Crippen molar-refractivity contribution in [2.75, 3.05) is 0 Å². The molecule has 0 saturated heterocycles. The number of rotatable bonds is 68. The van der Waals surface area contributed by atoms with E-state index >= 15 is 0 Å². The zero-order valence-electron chi connectivity index (χ0n) is 70.1. The molecule has 0 radical (unpaired) electrons. The molecule has 0 atom stereocenters. The van der Waals surface area contributed by atoms with Gasteiger partial charge in [0.1, 0.15) is 10.1 Å². The van der Waals surface area contributed by atoms with Gasteiger partial charge in [-0.05, 0) is 153 Å². The van der Waals surface area contributed by atoms with Crippen LogP contribution in [0.25, 0.3) is 0 Å². The van der Waals surface area contributed by atoms with E-state index in [0.29, 0.717) is 25.7 Å². The fourth-order valence-corrected chi connectivity index (χ4v) is 18.5. The Kier molecular flexibility index (Phi) is 56.0. The summed E-state index contributed by atoms with van der Waals surface area (Å²) in [6, 6.07) is 28.7. The molecule has 0 bridgehead atoms. The van der Waals surface area contributed by atoms with Crippen molar-refractivity contribution in [2.24, 2.45) is 0 Å². The molecule has 5 aromatic rings. The Bertz CT molecular complexity index is 3360. The Morgan fingerprint density at radius 2 is 0.330 bits per heavy atom. The first kappa shape index (κ1) is 103. The molecule has 0 fully saturated rings. The molecule has 112 heavy (non-hydrogen) atoms. The number of hydrogen-bond donors (Lipinski definition) is 0. The molecule has 0 saturated carbocycles. The van der Waals surface area contributed by atoms with Gasteiger partial charge in [-0.3, -0.25) is 0 Å². The van der Waals surface area contributed by atoms with Gasteiger partial charge in [-0.15, -0.1) is 0 Å². The zero-order valence-corrected chi connectivity index (χ0v) is 76.2. The first-order valence-electron chi connectivity index (χ1n) is 43.7. The Labute approximate surface area is 705 Å². The maximum absolute atomic E-state index is 14.7. The maximum atomic E-state index is 14.7. The minimum Gasteiger partial charge on any atom is -0.744 e.